The van der Waals surface area contributed by atoms with Crippen LogP contribution in [0.25, 0.3) is 0 Å². The SMILES string of the molecule is Cc1cc(C(F)(F)F)nn1C(C)C(=O)NC1CCCCC1. The molecular weight excluding hydrogens is 283 g/mol. The minimum Gasteiger partial charge on any atom is -0.352 e. The van der Waals surface area contributed by atoms with E-state index in [9.17, 15) is 18.0 Å². The lowest BCUT2D eigenvalue weighted by atomic mass is 9.95. The lowest BCUT2D eigenvalue weighted by molar-refractivity contribution is -0.142. The lowest BCUT2D eigenvalue weighted by Gasteiger charge is -2.24. The van der Waals surface area contributed by atoms with Crippen LogP contribution in [0.3, 0.4) is 0 Å². The predicted octanol–water partition coefficient (Wildman–Crippen LogP) is 3.22. The van der Waals surface area contributed by atoms with Crippen LogP contribution < -0.4 is 5.32 Å². The molecule has 0 spiro atoms. The summed E-state index contributed by atoms with van der Waals surface area (Å²) in [5.41, 5.74) is -0.633. The highest BCUT2D eigenvalue weighted by molar-refractivity contribution is 5.80. The van der Waals surface area contributed by atoms with Crippen LogP contribution in [0.15, 0.2) is 6.07 Å². The number of carbonyl (C=O) groups excluding carboxylic acids is 1. The first-order valence-electron chi connectivity index (χ1n) is 7.23. The average molecular weight is 303 g/mol. The van der Waals surface area contributed by atoms with E-state index < -0.39 is 17.9 Å². The number of carbonyl (C=O) groups is 1. The van der Waals surface area contributed by atoms with Crippen LogP contribution in [0, 0.1) is 6.92 Å². The summed E-state index contributed by atoms with van der Waals surface area (Å²) in [5, 5.41) is 6.44. The highest BCUT2D eigenvalue weighted by Crippen LogP contribution is 2.29. The van der Waals surface area contributed by atoms with E-state index in [-0.39, 0.29) is 11.9 Å². The first-order chi connectivity index (χ1) is 9.79. The maximum absolute atomic E-state index is 12.6. The van der Waals surface area contributed by atoms with Crippen molar-refractivity contribution in [1.82, 2.24) is 15.1 Å². The molecule has 0 radical (unpaired) electrons. The third-order valence-corrected chi connectivity index (χ3v) is 3.91. The number of aryl methyl sites for hydroxylation is 1. The van der Waals surface area contributed by atoms with E-state index in [1.165, 1.54) is 13.3 Å². The second kappa shape index (κ2) is 6.07. The van der Waals surface area contributed by atoms with Gasteiger partial charge in [0.25, 0.3) is 0 Å². The van der Waals surface area contributed by atoms with Crippen molar-refractivity contribution >= 4 is 5.91 Å². The molecule has 21 heavy (non-hydrogen) atoms. The number of hydrogen-bond donors (Lipinski definition) is 1. The number of alkyl halides is 3. The molecular formula is C14H20F3N3O. The summed E-state index contributed by atoms with van der Waals surface area (Å²) in [6.07, 6.45) is 0.718. The van der Waals surface area contributed by atoms with Gasteiger partial charge >= 0.3 is 6.18 Å². The van der Waals surface area contributed by atoms with Crippen LogP contribution in [0.2, 0.25) is 0 Å². The Hall–Kier alpha value is -1.53. The summed E-state index contributed by atoms with van der Waals surface area (Å²) in [5.74, 6) is -0.276. The molecule has 1 unspecified atom stereocenters. The van der Waals surface area contributed by atoms with E-state index in [1.807, 2.05) is 0 Å². The van der Waals surface area contributed by atoms with Crippen molar-refractivity contribution in [3.8, 4) is 0 Å². The van der Waals surface area contributed by atoms with Crippen molar-refractivity contribution in [2.24, 2.45) is 0 Å². The Balaban J connectivity index is 2.06. The van der Waals surface area contributed by atoms with E-state index in [1.54, 1.807) is 6.92 Å². The molecule has 1 aromatic rings. The van der Waals surface area contributed by atoms with Crippen molar-refractivity contribution < 1.29 is 18.0 Å². The normalized spacial score (nSPS) is 18.5. The smallest absolute Gasteiger partial charge is 0.352 e. The molecule has 7 heteroatoms. The molecule has 1 amide bonds. The van der Waals surface area contributed by atoms with Crippen LogP contribution in [0.4, 0.5) is 13.2 Å². The molecule has 4 nitrogen and oxygen atoms in total. The molecule has 1 aromatic heterocycles. The second-order valence-corrected chi connectivity index (χ2v) is 5.63. The Bertz CT molecular complexity index is 504. The minimum absolute atomic E-state index is 0.131. The molecule has 118 valence electrons. The maximum atomic E-state index is 12.6. The molecule has 1 fully saturated rings. The zero-order valence-electron chi connectivity index (χ0n) is 12.2. The van der Waals surface area contributed by atoms with Crippen LogP contribution in [0.5, 0.6) is 0 Å². The van der Waals surface area contributed by atoms with Gasteiger partial charge in [-0.25, -0.2) is 0 Å². The van der Waals surface area contributed by atoms with E-state index in [2.05, 4.69) is 10.4 Å². The molecule has 0 aromatic carbocycles. The van der Waals surface area contributed by atoms with E-state index >= 15 is 0 Å². The third-order valence-electron chi connectivity index (χ3n) is 3.91. The quantitative estimate of drug-likeness (QED) is 0.932. The Kier molecular flexibility index (Phi) is 4.58. The summed E-state index contributed by atoms with van der Waals surface area (Å²) in [6.45, 7) is 3.09. The highest BCUT2D eigenvalue weighted by Gasteiger charge is 2.35. The van der Waals surface area contributed by atoms with Gasteiger partial charge < -0.3 is 5.32 Å². The van der Waals surface area contributed by atoms with Crippen molar-refractivity contribution in [2.75, 3.05) is 0 Å². The molecule has 0 aliphatic heterocycles. The fraction of sp³-hybridized carbons (Fsp3) is 0.714. The molecule has 1 heterocycles. The number of nitrogens with zero attached hydrogens (tertiary/aromatic N) is 2. The molecule has 0 bridgehead atoms. The van der Waals surface area contributed by atoms with Gasteiger partial charge in [0.1, 0.15) is 6.04 Å². The molecule has 1 atom stereocenters. The molecule has 1 N–H and O–H groups in total. The van der Waals surface area contributed by atoms with Gasteiger partial charge in [0, 0.05) is 11.7 Å². The van der Waals surface area contributed by atoms with Gasteiger partial charge in [0.15, 0.2) is 5.69 Å². The Morgan fingerprint density at radius 1 is 1.38 bits per heavy atom. The Morgan fingerprint density at radius 3 is 2.52 bits per heavy atom. The summed E-state index contributed by atoms with van der Waals surface area (Å²) in [6, 6.07) is 0.347. The van der Waals surface area contributed by atoms with Crippen LogP contribution >= 0.6 is 0 Å². The van der Waals surface area contributed by atoms with Gasteiger partial charge in [-0.2, -0.15) is 18.3 Å². The van der Waals surface area contributed by atoms with Crippen LogP contribution in [-0.4, -0.2) is 21.7 Å². The molecule has 1 saturated carbocycles. The average Bonchev–Trinajstić information content (AvgIpc) is 2.81. The first kappa shape index (κ1) is 15.9. The fourth-order valence-corrected chi connectivity index (χ4v) is 2.70. The minimum atomic E-state index is -4.49. The van der Waals surface area contributed by atoms with E-state index in [4.69, 9.17) is 0 Å². The van der Waals surface area contributed by atoms with Gasteiger partial charge in [-0.3, -0.25) is 9.48 Å². The topological polar surface area (TPSA) is 46.9 Å². The summed E-state index contributed by atoms with van der Waals surface area (Å²) in [7, 11) is 0. The molecule has 0 saturated heterocycles. The van der Waals surface area contributed by atoms with Gasteiger partial charge in [0.2, 0.25) is 5.91 Å². The molecule has 1 aliphatic rings. The van der Waals surface area contributed by atoms with Crippen molar-refractivity contribution in [2.45, 2.75) is 64.2 Å². The molecule has 2 rings (SSSR count). The maximum Gasteiger partial charge on any atom is 0.435 e. The van der Waals surface area contributed by atoms with Crippen LogP contribution in [-0.2, 0) is 11.0 Å². The standard InChI is InChI=1S/C14H20F3N3O/c1-9-8-12(14(15,16)17)19-20(9)10(2)13(21)18-11-6-4-3-5-7-11/h8,10-11H,3-7H2,1-2H3,(H,18,21). The number of nitrogens with one attached hydrogen (secondary N) is 1. The Labute approximate surface area is 121 Å². The Morgan fingerprint density at radius 2 is 2.00 bits per heavy atom. The summed E-state index contributed by atoms with van der Waals surface area (Å²) >= 11 is 0. The number of aromatic nitrogens is 2. The van der Waals surface area contributed by atoms with Crippen molar-refractivity contribution in [1.29, 1.82) is 0 Å². The largest absolute Gasteiger partial charge is 0.435 e. The highest BCUT2D eigenvalue weighted by atomic mass is 19.4. The monoisotopic (exact) mass is 303 g/mol. The molecule has 1 aliphatic carbocycles. The van der Waals surface area contributed by atoms with Gasteiger partial charge in [0.05, 0.1) is 0 Å². The van der Waals surface area contributed by atoms with E-state index in [0.29, 0.717) is 5.69 Å². The fourth-order valence-electron chi connectivity index (χ4n) is 2.70. The summed E-state index contributed by atoms with van der Waals surface area (Å²) < 4.78 is 39.1. The first-order valence-corrected chi connectivity index (χ1v) is 7.23. The van der Waals surface area contributed by atoms with Crippen LogP contribution in [0.1, 0.15) is 56.5 Å². The van der Waals surface area contributed by atoms with Gasteiger partial charge in [-0.05, 0) is 32.8 Å². The number of amides is 1. The third kappa shape index (κ3) is 3.77. The van der Waals surface area contributed by atoms with Gasteiger partial charge in [-0.15, -0.1) is 0 Å². The van der Waals surface area contributed by atoms with Crippen molar-refractivity contribution in [3.63, 3.8) is 0 Å². The zero-order chi connectivity index (χ0) is 15.6. The lowest BCUT2D eigenvalue weighted by Crippen LogP contribution is -2.40. The van der Waals surface area contributed by atoms with Crippen molar-refractivity contribution in [3.05, 3.63) is 17.5 Å². The number of hydrogen-bond acceptors (Lipinski definition) is 2. The van der Waals surface area contributed by atoms with Gasteiger partial charge in [-0.1, -0.05) is 19.3 Å². The second-order valence-electron chi connectivity index (χ2n) is 5.63. The number of rotatable bonds is 3. The van der Waals surface area contributed by atoms with E-state index in [0.717, 1.165) is 36.4 Å². The summed E-state index contributed by atoms with van der Waals surface area (Å²) in [4.78, 5) is 12.2. The zero-order valence-corrected chi connectivity index (χ0v) is 12.2. The predicted molar refractivity (Wildman–Crippen MR) is 71.7 cm³/mol. The number of halogens is 3.